The van der Waals surface area contributed by atoms with Crippen molar-refractivity contribution in [3.8, 4) is 10.6 Å². The Morgan fingerprint density at radius 1 is 1.53 bits per heavy atom. The highest BCUT2D eigenvalue weighted by atomic mass is 32.1. The zero-order valence-corrected chi connectivity index (χ0v) is 11.3. The van der Waals surface area contributed by atoms with Crippen LogP contribution in [0.1, 0.15) is 23.5 Å². The summed E-state index contributed by atoms with van der Waals surface area (Å²) in [5.74, 6) is 0.349. The Labute approximate surface area is 108 Å². The lowest BCUT2D eigenvalue weighted by molar-refractivity contribution is 0.0953. The van der Waals surface area contributed by atoms with Gasteiger partial charge < -0.3 is 5.32 Å². The average molecular weight is 267 g/mol. The standard InChI is InChI=1S/C11H13N3OS2/c1-7(2)6-12-11(15)10-9(13-14-17-10)8-4-3-5-16-8/h3-5,7H,6H2,1-2H3,(H,12,15). The van der Waals surface area contributed by atoms with Crippen molar-refractivity contribution in [2.75, 3.05) is 6.54 Å². The van der Waals surface area contributed by atoms with Gasteiger partial charge >= 0.3 is 0 Å². The van der Waals surface area contributed by atoms with E-state index in [0.29, 0.717) is 23.0 Å². The van der Waals surface area contributed by atoms with Crippen LogP contribution in [0.3, 0.4) is 0 Å². The number of aromatic nitrogens is 2. The molecule has 6 heteroatoms. The topological polar surface area (TPSA) is 54.9 Å². The third kappa shape index (κ3) is 2.89. The van der Waals surface area contributed by atoms with E-state index in [2.05, 4.69) is 28.8 Å². The molecule has 0 spiro atoms. The van der Waals surface area contributed by atoms with E-state index in [1.165, 1.54) is 0 Å². The number of amides is 1. The van der Waals surface area contributed by atoms with Crippen molar-refractivity contribution < 1.29 is 4.79 Å². The van der Waals surface area contributed by atoms with Crippen molar-refractivity contribution in [1.82, 2.24) is 14.9 Å². The van der Waals surface area contributed by atoms with Gasteiger partial charge in [-0.15, -0.1) is 16.4 Å². The smallest absolute Gasteiger partial charge is 0.265 e. The van der Waals surface area contributed by atoms with Gasteiger partial charge in [-0.2, -0.15) is 0 Å². The fourth-order valence-corrected chi connectivity index (χ4v) is 2.67. The van der Waals surface area contributed by atoms with Gasteiger partial charge in [-0.3, -0.25) is 4.79 Å². The first-order valence-corrected chi connectivity index (χ1v) is 6.98. The minimum atomic E-state index is -0.0860. The number of carbonyl (C=O) groups excluding carboxylic acids is 1. The molecule has 0 saturated heterocycles. The summed E-state index contributed by atoms with van der Waals surface area (Å²) in [6, 6.07) is 3.88. The Morgan fingerprint density at radius 2 is 2.35 bits per heavy atom. The number of rotatable bonds is 4. The van der Waals surface area contributed by atoms with Crippen molar-refractivity contribution >= 4 is 28.8 Å². The summed E-state index contributed by atoms with van der Waals surface area (Å²) < 4.78 is 3.86. The Hall–Kier alpha value is -1.27. The van der Waals surface area contributed by atoms with E-state index in [-0.39, 0.29) is 5.91 Å². The number of hydrogen-bond acceptors (Lipinski definition) is 5. The van der Waals surface area contributed by atoms with E-state index in [1.807, 2.05) is 17.5 Å². The van der Waals surface area contributed by atoms with E-state index in [1.54, 1.807) is 11.3 Å². The second-order valence-corrected chi connectivity index (χ2v) is 5.73. The number of nitrogens with zero attached hydrogens (tertiary/aromatic N) is 2. The van der Waals surface area contributed by atoms with E-state index in [9.17, 15) is 4.79 Å². The average Bonchev–Trinajstić information content (AvgIpc) is 2.94. The molecule has 0 saturated carbocycles. The minimum absolute atomic E-state index is 0.0860. The first-order valence-electron chi connectivity index (χ1n) is 5.33. The molecule has 2 heterocycles. The number of thiophene rings is 1. The molecule has 0 fully saturated rings. The molecule has 0 aliphatic heterocycles. The molecule has 17 heavy (non-hydrogen) atoms. The zero-order chi connectivity index (χ0) is 12.3. The molecule has 0 aromatic carbocycles. The molecular formula is C11H13N3OS2. The van der Waals surface area contributed by atoms with Gasteiger partial charge in [-0.25, -0.2) is 0 Å². The highest BCUT2D eigenvalue weighted by molar-refractivity contribution is 7.14. The molecule has 2 aromatic rings. The molecule has 90 valence electrons. The van der Waals surface area contributed by atoms with Crippen LogP contribution in [0.4, 0.5) is 0 Å². The Morgan fingerprint density at radius 3 is 3.00 bits per heavy atom. The molecular weight excluding hydrogens is 254 g/mol. The Bertz CT molecular complexity index is 491. The van der Waals surface area contributed by atoms with Crippen molar-refractivity contribution in [2.24, 2.45) is 5.92 Å². The first-order chi connectivity index (χ1) is 8.18. The molecule has 0 aliphatic carbocycles. The van der Waals surface area contributed by atoms with Crippen molar-refractivity contribution in [3.05, 3.63) is 22.4 Å². The lowest BCUT2D eigenvalue weighted by atomic mass is 10.2. The van der Waals surface area contributed by atoms with Crippen LogP contribution in [0.2, 0.25) is 0 Å². The van der Waals surface area contributed by atoms with Crippen LogP contribution >= 0.6 is 22.9 Å². The van der Waals surface area contributed by atoms with E-state index in [4.69, 9.17) is 0 Å². The molecule has 0 aliphatic rings. The fourth-order valence-electron chi connectivity index (χ4n) is 1.29. The van der Waals surface area contributed by atoms with Crippen LogP contribution in [-0.2, 0) is 0 Å². The lowest BCUT2D eigenvalue weighted by Gasteiger charge is -2.06. The summed E-state index contributed by atoms with van der Waals surface area (Å²) in [5, 5.41) is 8.87. The van der Waals surface area contributed by atoms with Crippen LogP contribution in [0.25, 0.3) is 10.6 Å². The highest BCUT2D eigenvalue weighted by Gasteiger charge is 2.18. The van der Waals surface area contributed by atoms with Crippen molar-refractivity contribution in [3.63, 3.8) is 0 Å². The summed E-state index contributed by atoms with van der Waals surface area (Å²) in [5.41, 5.74) is 0.686. The van der Waals surface area contributed by atoms with Crippen LogP contribution in [0, 0.1) is 5.92 Å². The summed E-state index contributed by atoms with van der Waals surface area (Å²) >= 11 is 2.70. The molecule has 0 atom stereocenters. The summed E-state index contributed by atoms with van der Waals surface area (Å²) in [6.07, 6.45) is 0. The summed E-state index contributed by atoms with van der Waals surface area (Å²) in [7, 11) is 0. The van der Waals surface area contributed by atoms with Crippen LogP contribution < -0.4 is 5.32 Å². The van der Waals surface area contributed by atoms with Gasteiger partial charge in [0.1, 0.15) is 10.6 Å². The van der Waals surface area contributed by atoms with Gasteiger partial charge in [-0.1, -0.05) is 24.4 Å². The second-order valence-electron chi connectivity index (χ2n) is 4.03. The Balaban J connectivity index is 2.17. The van der Waals surface area contributed by atoms with Gasteiger partial charge in [-0.05, 0) is 28.9 Å². The van der Waals surface area contributed by atoms with Crippen molar-refractivity contribution in [1.29, 1.82) is 0 Å². The normalized spacial score (nSPS) is 10.8. The first kappa shape index (κ1) is 12.2. The van der Waals surface area contributed by atoms with Gasteiger partial charge in [0.15, 0.2) is 0 Å². The molecule has 2 aromatic heterocycles. The van der Waals surface area contributed by atoms with E-state index in [0.717, 1.165) is 16.4 Å². The van der Waals surface area contributed by atoms with Gasteiger partial charge in [0.25, 0.3) is 5.91 Å². The van der Waals surface area contributed by atoms with Crippen LogP contribution in [0.5, 0.6) is 0 Å². The molecule has 2 rings (SSSR count). The third-order valence-corrected chi connectivity index (χ3v) is 3.72. The minimum Gasteiger partial charge on any atom is -0.351 e. The SMILES string of the molecule is CC(C)CNC(=O)c1snnc1-c1cccs1. The molecule has 0 radical (unpaired) electrons. The molecule has 0 unspecified atom stereocenters. The predicted octanol–water partition coefficient (Wildman–Crippen LogP) is 2.65. The summed E-state index contributed by atoms with van der Waals surface area (Å²) in [4.78, 5) is 13.5. The highest BCUT2D eigenvalue weighted by Crippen LogP contribution is 2.27. The molecule has 1 N–H and O–H groups in total. The third-order valence-electron chi connectivity index (χ3n) is 2.12. The van der Waals surface area contributed by atoms with Gasteiger partial charge in [0.05, 0.1) is 4.88 Å². The van der Waals surface area contributed by atoms with E-state index >= 15 is 0 Å². The van der Waals surface area contributed by atoms with Gasteiger partial charge in [0, 0.05) is 6.54 Å². The quantitative estimate of drug-likeness (QED) is 0.926. The van der Waals surface area contributed by atoms with Crippen LogP contribution in [0.15, 0.2) is 17.5 Å². The largest absolute Gasteiger partial charge is 0.351 e. The zero-order valence-electron chi connectivity index (χ0n) is 9.64. The number of hydrogen-bond donors (Lipinski definition) is 1. The molecule has 4 nitrogen and oxygen atoms in total. The van der Waals surface area contributed by atoms with Crippen LogP contribution in [-0.4, -0.2) is 22.0 Å². The van der Waals surface area contributed by atoms with E-state index < -0.39 is 0 Å². The van der Waals surface area contributed by atoms with Crippen molar-refractivity contribution in [2.45, 2.75) is 13.8 Å². The maximum atomic E-state index is 12.0. The lowest BCUT2D eigenvalue weighted by Crippen LogP contribution is -2.26. The Kier molecular flexibility index (Phi) is 3.86. The monoisotopic (exact) mass is 267 g/mol. The molecule has 1 amide bonds. The maximum Gasteiger partial charge on any atom is 0.265 e. The number of nitrogens with one attached hydrogen (secondary N) is 1. The van der Waals surface area contributed by atoms with Gasteiger partial charge in [0.2, 0.25) is 0 Å². The fraction of sp³-hybridized carbons (Fsp3) is 0.364. The summed E-state index contributed by atoms with van der Waals surface area (Å²) in [6.45, 7) is 4.79. The predicted molar refractivity (Wildman–Crippen MR) is 70.4 cm³/mol. The number of carbonyl (C=O) groups is 1. The molecule has 0 bridgehead atoms. The second kappa shape index (κ2) is 5.37. The maximum absolute atomic E-state index is 12.0.